The van der Waals surface area contributed by atoms with Crippen LogP contribution < -0.4 is 11.1 Å². The van der Waals surface area contributed by atoms with Crippen LogP contribution in [0.4, 0.5) is 5.82 Å². The lowest BCUT2D eigenvalue weighted by atomic mass is 10.2. The van der Waals surface area contributed by atoms with Gasteiger partial charge in [-0.15, -0.1) is 0 Å². The molecule has 0 radical (unpaired) electrons. The monoisotopic (exact) mass is 361 g/mol. The van der Waals surface area contributed by atoms with E-state index < -0.39 is 12.0 Å². The molecule has 1 heterocycles. The normalized spacial score (nSPS) is 11.8. The number of carbonyl (C=O) groups excluding carboxylic acids is 2. The van der Waals surface area contributed by atoms with Crippen LogP contribution in [0.2, 0.25) is 0 Å². The van der Waals surface area contributed by atoms with Crippen molar-refractivity contribution in [2.45, 2.75) is 12.5 Å². The number of nitrogens with zero attached hydrogens (tertiary/aromatic N) is 1. The molecule has 0 saturated heterocycles. The number of hydrogen-bond donors (Lipinski definition) is 2. The molecule has 0 saturated carbocycles. The number of anilines is 1. The van der Waals surface area contributed by atoms with E-state index in [0.29, 0.717) is 18.0 Å². The number of ether oxygens (including phenoxy) is 1. The van der Waals surface area contributed by atoms with E-state index in [1.165, 1.54) is 18.9 Å². The lowest BCUT2D eigenvalue weighted by Crippen LogP contribution is -2.32. The molecule has 0 aliphatic heterocycles. The van der Waals surface area contributed by atoms with E-state index in [2.05, 4.69) is 31.0 Å². The van der Waals surface area contributed by atoms with Crippen LogP contribution in [0.25, 0.3) is 0 Å². The first kappa shape index (κ1) is 16.9. The van der Waals surface area contributed by atoms with Gasteiger partial charge in [-0.2, -0.15) is 11.8 Å². The molecular weight excluding hydrogens is 346 g/mol. The second-order valence-electron chi connectivity index (χ2n) is 3.88. The van der Waals surface area contributed by atoms with Gasteiger partial charge < -0.3 is 15.8 Å². The highest BCUT2D eigenvalue weighted by atomic mass is 79.9. The summed E-state index contributed by atoms with van der Waals surface area (Å²) >= 11 is 4.67. The molecule has 0 aliphatic rings. The Morgan fingerprint density at radius 1 is 1.55 bits per heavy atom. The molecule has 0 aliphatic carbocycles. The molecule has 110 valence electrons. The highest BCUT2D eigenvalue weighted by Crippen LogP contribution is 2.11. The molecule has 3 N–H and O–H groups in total. The summed E-state index contributed by atoms with van der Waals surface area (Å²) in [6, 6.07) is 2.87. The van der Waals surface area contributed by atoms with E-state index in [4.69, 9.17) is 5.73 Å². The van der Waals surface area contributed by atoms with Crippen molar-refractivity contribution >= 4 is 45.4 Å². The molecule has 1 aromatic rings. The van der Waals surface area contributed by atoms with Crippen molar-refractivity contribution < 1.29 is 14.3 Å². The Balaban J connectivity index is 2.20. The Morgan fingerprint density at radius 2 is 2.30 bits per heavy atom. The first-order valence-electron chi connectivity index (χ1n) is 5.85. The Hall–Kier alpha value is -1.12. The topological polar surface area (TPSA) is 94.3 Å². The highest BCUT2D eigenvalue weighted by Gasteiger charge is 2.13. The zero-order chi connectivity index (χ0) is 15.0. The first-order valence-corrected chi connectivity index (χ1v) is 7.80. The minimum Gasteiger partial charge on any atom is -0.468 e. The van der Waals surface area contributed by atoms with Crippen molar-refractivity contribution in [3.63, 3.8) is 0 Å². The van der Waals surface area contributed by atoms with Crippen molar-refractivity contribution in [3.8, 4) is 0 Å². The molecule has 0 fully saturated rings. The summed E-state index contributed by atoms with van der Waals surface area (Å²) < 4.78 is 5.36. The van der Waals surface area contributed by atoms with Gasteiger partial charge in [-0.25, -0.2) is 4.98 Å². The largest absolute Gasteiger partial charge is 0.468 e. The fourth-order valence-electron chi connectivity index (χ4n) is 1.27. The molecule has 1 amide bonds. The van der Waals surface area contributed by atoms with Gasteiger partial charge >= 0.3 is 5.97 Å². The molecule has 6 nitrogen and oxygen atoms in total. The van der Waals surface area contributed by atoms with Crippen LogP contribution in [0.5, 0.6) is 0 Å². The predicted molar refractivity (Wildman–Crippen MR) is 82.5 cm³/mol. The van der Waals surface area contributed by atoms with Crippen LogP contribution in [0.3, 0.4) is 0 Å². The van der Waals surface area contributed by atoms with E-state index in [1.54, 1.807) is 18.3 Å². The summed E-state index contributed by atoms with van der Waals surface area (Å²) in [7, 11) is 1.30. The fraction of sp³-hybridized carbons (Fsp3) is 0.417. The number of hydrogen-bond acceptors (Lipinski definition) is 6. The zero-order valence-electron chi connectivity index (χ0n) is 11.0. The van der Waals surface area contributed by atoms with Gasteiger partial charge in [0.25, 0.3) is 0 Å². The maximum absolute atomic E-state index is 11.6. The van der Waals surface area contributed by atoms with Gasteiger partial charge in [0.1, 0.15) is 11.9 Å². The number of esters is 1. The summed E-state index contributed by atoms with van der Waals surface area (Å²) in [5.74, 6) is 0.818. The molecule has 8 heteroatoms. The summed E-state index contributed by atoms with van der Waals surface area (Å²) in [6.07, 6.45) is 2.08. The quantitative estimate of drug-likeness (QED) is 0.563. The number of rotatable bonds is 7. The molecule has 0 bridgehead atoms. The van der Waals surface area contributed by atoms with E-state index in [-0.39, 0.29) is 11.7 Å². The molecular formula is C12H16BrN3O3S. The number of nitrogens with two attached hydrogens (primary N) is 1. The average Bonchev–Trinajstić information content (AvgIpc) is 2.45. The number of amides is 1. The van der Waals surface area contributed by atoms with Crippen LogP contribution in [-0.4, -0.2) is 41.5 Å². The summed E-state index contributed by atoms with van der Waals surface area (Å²) in [6.45, 7) is 0. The number of thioether (sulfide) groups is 1. The lowest BCUT2D eigenvalue weighted by Gasteiger charge is -2.08. The second-order valence-corrected chi connectivity index (χ2v) is 5.90. The Morgan fingerprint density at radius 3 is 2.90 bits per heavy atom. The van der Waals surface area contributed by atoms with Gasteiger partial charge in [0.05, 0.1) is 12.9 Å². The summed E-state index contributed by atoms with van der Waals surface area (Å²) in [4.78, 5) is 26.7. The third-order valence-electron chi connectivity index (χ3n) is 2.31. The molecule has 1 atom stereocenters. The molecule has 1 unspecified atom stereocenters. The molecule has 1 rings (SSSR count). The number of pyridine rings is 1. The predicted octanol–water partition coefficient (Wildman–Crippen LogP) is 1.41. The third-order valence-corrected chi connectivity index (χ3v) is 3.76. The number of halogens is 1. The third kappa shape index (κ3) is 6.36. The molecule has 0 aromatic carbocycles. The lowest BCUT2D eigenvalue weighted by molar-refractivity contribution is -0.142. The number of carbonyl (C=O) groups is 2. The Bertz CT molecular complexity index is 456. The first-order chi connectivity index (χ1) is 9.52. The van der Waals surface area contributed by atoms with E-state index in [1.807, 2.05) is 0 Å². The van der Waals surface area contributed by atoms with Gasteiger partial charge in [-0.3, -0.25) is 9.59 Å². The van der Waals surface area contributed by atoms with Crippen molar-refractivity contribution in [2.75, 3.05) is 23.9 Å². The van der Waals surface area contributed by atoms with Crippen LogP contribution >= 0.6 is 27.7 Å². The van der Waals surface area contributed by atoms with Gasteiger partial charge in [-0.05, 0) is 40.2 Å². The smallest absolute Gasteiger partial charge is 0.322 e. The molecule has 1 aromatic heterocycles. The van der Waals surface area contributed by atoms with Crippen LogP contribution in [0.1, 0.15) is 6.42 Å². The van der Waals surface area contributed by atoms with Gasteiger partial charge in [0, 0.05) is 10.7 Å². The van der Waals surface area contributed by atoms with Crippen molar-refractivity contribution in [2.24, 2.45) is 5.73 Å². The maximum atomic E-state index is 11.6. The maximum Gasteiger partial charge on any atom is 0.322 e. The number of methoxy groups -OCH3 is 1. The molecule has 0 spiro atoms. The van der Waals surface area contributed by atoms with E-state index in [0.717, 1.165) is 4.47 Å². The standard InChI is InChI=1S/C12H16BrN3O3S/c1-19-12(18)9(14)4-5-20-7-11(17)16-10-3-2-8(13)6-15-10/h2-3,6,9H,4-5,7,14H2,1H3,(H,15,16,17). The van der Waals surface area contributed by atoms with Crippen LogP contribution in [-0.2, 0) is 14.3 Å². The minimum absolute atomic E-state index is 0.142. The fourth-order valence-corrected chi connectivity index (χ4v) is 2.33. The second kappa shape index (κ2) is 8.93. The van der Waals surface area contributed by atoms with Crippen LogP contribution in [0, 0.1) is 0 Å². The number of aromatic nitrogens is 1. The Labute approximate surface area is 130 Å². The van der Waals surface area contributed by atoms with Gasteiger partial charge in [-0.1, -0.05) is 0 Å². The van der Waals surface area contributed by atoms with Gasteiger partial charge in [0.15, 0.2) is 0 Å². The zero-order valence-corrected chi connectivity index (χ0v) is 13.4. The summed E-state index contributed by atoms with van der Waals surface area (Å²) in [5.41, 5.74) is 5.58. The van der Waals surface area contributed by atoms with Crippen molar-refractivity contribution in [1.29, 1.82) is 0 Å². The average molecular weight is 362 g/mol. The van der Waals surface area contributed by atoms with Crippen molar-refractivity contribution in [3.05, 3.63) is 22.8 Å². The van der Waals surface area contributed by atoms with Gasteiger partial charge in [0.2, 0.25) is 5.91 Å². The SMILES string of the molecule is COC(=O)C(N)CCSCC(=O)Nc1ccc(Br)cn1. The minimum atomic E-state index is -0.635. The van der Waals surface area contributed by atoms with E-state index >= 15 is 0 Å². The van der Waals surface area contributed by atoms with Crippen LogP contribution in [0.15, 0.2) is 22.8 Å². The molecule has 20 heavy (non-hydrogen) atoms. The number of nitrogens with one attached hydrogen (secondary N) is 1. The Kier molecular flexibility index (Phi) is 7.56. The van der Waals surface area contributed by atoms with E-state index in [9.17, 15) is 9.59 Å². The van der Waals surface area contributed by atoms with Crippen molar-refractivity contribution in [1.82, 2.24) is 4.98 Å². The highest BCUT2D eigenvalue weighted by molar-refractivity contribution is 9.10. The summed E-state index contributed by atoms with van der Waals surface area (Å²) in [5, 5.41) is 2.68.